The third-order valence-electron chi connectivity index (χ3n) is 10.3. The van der Waals surface area contributed by atoms with Crippen LogP contribution >= 0.6 is 0 Å². The number of amides is 2. The molecule has 0 fully saturated rings. The van der Waals surface area contributed by atoms with E-state index in [0.29, 0.717) is 22.5 Å². The molecule has 0 spiro atoms. The van der Waals surface area contributed by atoms with E-state index >= 15 is 0 Å². The number of carbonyl (C=O) groups excluding carboxylic acids is 2. The monoisotopic (exact) mass is 694 g/mol. The highest BCUT2D eigenvalue weighted by molar-refractivity contribution is 6.36. The molecule has 0 saturated carbocycles. The summed E-state index contributed by atoms with van der Waals surface area (Å²) >= 11 is 0. The van der Waals surface area contributed by atoms with E-state index in [0.717, 1.165) is 66.3 Å². The van der Waals surface area contributed by atoms with E-state index in [-0.39, 0.29) is 11.8 Å². The number of fused-ring (bicyclic) bond motifs is 4. The Bertz CT molecular complexity index is 2810. The van der Waals surface area contributed by atoms with Crippen LogP contribution in [0.4, 0.5) is 5.69 Å². The largest absolute Gasteiger partial charge is 0.308 e. The Morgan fingerprint density at radius 2 is 0.944 bits per heavy atom. The average molecular weight is 695 g/mol. The number of hydrogen-bond acceptors (Lipinski definition) is 4. The van der Waals surface area contributed by atoms with Crippen LogP contribution in [0.25, 0.3) is 72.0 Å². The van der Waals surface area contributed by atoms with Gasteiger partial charge in [-0.15, -0.1) is 0 Å². The number of imide groups is 1. The first-order chi connectivity index (χ1) is 26.6. The van der Waals surface area contributed by atoms with Gasteiger partial charge in [-0.25, -0.2) is 4.90 Å². The van der Waals surface area contributed by atoms with Crippen LogP contribution in [0.1, 0.15) is 20.7 Å². The van der Waals surface area contributed by atoms with E-state index in [1.54, 1.807) is 18.5 Å². The molecule has 0 bridgehead atoms. The number of rotatable bonds is 6. The quantitative estimate of drug-likeness (QED) is 0.163. The minimum absolute atomic E-state index is 0.347. The van der Waals surface area contributed by atoms with Crippen LogP contribution in [0.15, 0.2) is 183 Å². The van der Waals surface area contributed by atoms with Crippen molar-refractivity contribution in [3.8, 4) is 50.2 Å². The first-order valence-corrected chi connectivity index (χ1v) is 17.8. The van der Waals surface area contributed by atoms with Crippen molar-refractivity contribution in [1.82, 2.24) is 14.5 Å². The summed E-state index contributed by atoms with van der Waals surface area (Å²) in [5.74, 6) is -0.704. The molecule has 0 atom stereocenters. The van der Waals surface area contributed by atoms with Gasteiger partial charge in [-0.2, -0.15) is 0 Å². The average Bonchev–Trinajstić information content (AvgIpc) is 3.71. The van der Waals surface area contributed by atoms with Crippen LogP contribution in [0, 0.1) is 0 Å². The fourth-order valence-corrected chi connectivity index (χ4v) is 7.77. The van der Waals surface area contributed by atoms with Crippen LogP contribution in [0.3, 0.4) is 0 Å². The molecule has 6 aromatic carbocycles. The van der Waals surface area contributed by atoms with Crippen molar-refractivity contribution in [3.05, 3.63) is 194 Å². The highest BCUT2D eigenvalue weighted by Crippen LogP contribution is 2.43. The van der Waals surface area contributed by atoms with Crippen molar-refractivity contribution < 1.29 is 9.59 Å². The molecule has 3 aromatic heterocycles. The molecule has 1 aliphatic heterocycles. The summed E-state index contributed by atoms with van der Waals surface area (Å²) in [6.45, 7) is 0. The zero-order chi connectivity index (χ0) is 36.2. The van der Waals surface area contributed by atoms with E-state index in [9.17, 15) is 9.59 Å². The van der Waals surface area contributed by atoms with E-state index < -0.39 is 0 Å². The van der Waals surface area contributed by atoms with Gasteiger partial charge < -0.3 is 4.57 Å². The number of anilines is 1. The van der Waals surface area contributed by atoms with Crippen molar-refractivity contribution in [3.63, 3.8) is 0 Å². The molecule has 0 unspecified atom stereocenters. The van der Waals surface area contributed by atoms with Gasteiger partial charge in [0.1, 0.15) is 0 Å². The second-order valence-corrected chi connectivity index (χ2v) is 13.4. The molecule has 1 aliphatic rings. The van der Waals surface area contributed by atoms with Crippen LogP contribution in [-0.2, 0) is 0 Å². The van der Waals surface area contributed by atoms with Crippen LogP contribution in [0.5, 0.6) is 0 Å². The molecule has 54 heavy (non-hydrogen) atoms. The Morgan fingerprint density at radius 1 is 0.389 bits per heavy atom. The molecule has 4 heterocycles. The van der Waals surface area contributed by atoms with E-state index in [1.165, 1.54) is 4.90 Å². The molecular weight excluding hydrogens is 665 g/mol. The van der Waals surface area contributed by atoms with Crippen LogP contribution in [0.2, 0.25) is 0 Å². The highest BCUT2D eigenvalue weighted by Gasteiger charge is 2.40. The van der Waals surface area contributed by atoms with Gasteiger partial charge in [0.05, 0.1) is 33.5 Å². The second-order valence-electron chi connectivity index (χ2n) is 13.4. The fraction of sp³-hybridized carbons (Fsp3) is 0. The molecular formula is C48H30N4O2. The maximum absolute atomic E-state index is 14.9. The zero-order valence-electron chi connectivity index (χ0n) is 28.9. The molecule has 9 aromatic rings. The molecule has 6 nitrogen and oxygen atoms in total. The first kappa shape index (κ1) is 31.3. The lowest BCUT2D eigenvalue weighted by Crippen LogP contribution is -2.30. The maximum atomic E-state index is 14.9. The lowest BCUT2D eigenvalue weighted by atomic mass is 9.97. The molecule has 0 N–H and O–H groups in total. The van der Waals surface area contributed by atoms with Gasteiger partial charge in [0.25, 0.3) is 11.8 Å². The zero-order valence-corrected chi connectivity index (χ0v) is 28.9. The Morgan fingerprint density at radius 3 is 1.54 bits per heavy atom. The Kier molecular flexibility index (Phi) is 7.34. The third-order valence-corrected chi connectivity index (χ3v) is 10.3. The Labute approximate surface area is 311 Å². The summed E-state index contributed by atoms with van der Waals surface area (Å²) in [7, 11) is 0. The SMILES string of the molecule is O=C1c2cccc(-n3c4ccc(-c5cccnc5)cc4c4cc(-c5cccnc5)ccc43)c2C(=O)N1c1ccc(-c2ccccc2)cc1-c1ccccc1. The van der Waals surface area contributed by atoms with E-state index in [1.807, 2.05) is 109 Å². The number of aromatic nitrogens is 3. The van der Waals surface area contributed by atoms with Gasteiger partial charge in [-0.1, -0.05) is 97.1 Å². The standard InChI is InChI=1S/C48H30N4O2/c53-47-38-16-7-17-45(46(38)48(54)52(47)42-21-18-33(31-10-3-1-4-11-31)26-39(42)32-12-5-2-6-13-32)51-43-22-19-34(36-14-8-24-49-29-36)27-40(43)41-28-35(20-23-44(41)51)37-15-9-25-50-30-37/h1-30H. The number of pyridine rings is 2. The van der Waals surface area contributed by atoms with Gasteiger partial charge in [-0.3, -0.25) is 19.6 Å². The summed E-state index contributed by atoms with van der Waals surface area (Å²) < 4.78 is 2.12. The fourth-order valence-electron chi connectivity index (χ4n) is 7.77. The molecule has 0 saturated heterocycles. The van der Waals surface area contributed by atoms with Crippen molar-refractivity contribution in [2.24, 2.45) is 0 Å². The number of benzene rings is 6. The molecule has 0 aliphatic carbocycles. The predicted molar refractivity (Wildman–Crippen MR) is 216 cm³/mol. The van der Waals surface area contributed by atoms with Crippen molar-refractivity contribution >= 4 is 39.3 Å². The number of carbonyl (C=O) groups is 2. The topological polar surface area (TPSA) is 68.1 Å². The first-order valence-electron chi connectivity index (χ1n) is 17.8. The lowest BCUT2D eigenvalue weighted by molar-refractivity contribution is 0.0926. The second kappa shape index (κ2) is 12.7. The summed E-state index contributed by atoms with van der Waals surface area (Å²) in [4.78, 5) is 39.4. The van der Waals surface area contributed by atoms with Crippen LogP contribution in [-0.4, -0.2) is 26.3 Å². The Balaban J connectivity index is 1.17. The molecule has 0 radical (unpaired) electrons. The third kappa shape index (κ3) is 5.04. The van der Waals surface area contributed by atoms with Gasteiger partial charge in [0.2, 0.25) is 0 Å². The molecule has 6 heteroatoms. The predicted octanol–water partition coefficient (Wildman–Crippen LogP) is 11.0. The van der Waals surface area contributed by atoms with E-state index in [4.69, 9.17) is 0 Å². The normalized spacial score (nSPS) is 12.5. The van der Waals surface area contributed by atoms with Crippen LogP contribution < -0.4 is 4.90 Å². The van der Waals surface area contributed by atoms with Crippen molar-refractivity contribution in [2.75, 3.05) is 4.90 Å². The maximum Gasteiger partial charge on any atom is 0.268 e. The Hall–Kier alpha value is -7.44. The minimum atomic E-state index is -0.357. The number of hydrogen-bond donors (Lipinski definition) is 0. The van der Waals surface area contributed by atoms with Gasteiger partial charge in [-0.05, 0) is 88.5 Å². The van der Waals surface area contributed by atoms with E-state index in [2.05, 4.69) is 69.1 Å². The highest BCUT2D eigenvalue weighted by atomic mass is 16.2. The summed E-state index contributed by atoms with van der Waals surface area (Å²) in [5.41, 5.74) is 11.6. The summed E-state index contributed by atoms with van der Waals surface area (Å²) in [6.07, 6.45) is 7.26. The molecule has 254 valence electrons. The summed E-state index contributed by atoms with van der Waals surface area (Å²) in [5, 5.41) is 2.04. The van der Waals surface area contributed by atoms with Gasteiger partial charge >= 0.3 is 0 Å². The van der Waals surface area contributed by atoms with Gasteiger partial charge in [0.15, 0.2) is 0 Å². The lowest BCUT2D eigenvalue weighted by Gasteiger charge is -2.20. The van der Waals surface area contributed by atoms with Gasteiger partial charge in [0, 0.05) is 52.3 Å². The number of nitrogens with zero attached hydrogens (tertiary/aromatic N) is 4. The summed E-state index contributed by atoms with van der Waals surface area (Å²) in [6, 6.07) is 52.2. The minimum Gasteiger partial charge on any atom is -0.308 e. The smallest absolute Gasteiger partial charge is 0.268 e. The van der Waals surface area contributed by atoms with Crippen molar-refractivity contribution in [2.45, 2.75) is 0 Å². The molecule has 2 amide bonds. The van der Waals surface area contributed by atoms with Crippen molar-refractivity contribution in [1.29, 1.82) is 0 Å². The molecule has 10 rings (SSSR count).